The highest BCUT2D eigenvalue weighted by molar-refractivity contribution is 4.93. The second kappa shape index (κ2) is 2.62. The second-order valence-corrected chi connectivity index (χ2v) is 2.92. The molecule has 0 aromatic carbocycles. The standard InChI is InChI=1S/C7H12N4/c1-8-4-7-10-9-5-11(7)6-2-3-6/h5-6,8H,2-4H2,1H3. The summed E-state index contributed by atoms with van der Waals surface area (Å²) in [5, 5.41) is 11.0. The van der Waals surface area contributed by atoms with Gasteiger partial charge < -0.3 is 9.88 Å². The van der Waals surface area contributed by atoms with Gasteiger partial charge in [-0.3, -0.25) is 0 Å². The highest BCUT2D eigenvalue weighted by Crippen LogP contribution is 2.35. The van der Waals surface area contributed by atoms with Crippen molar-refractivity contribution in [3.05, 3.63) is 12.2 Å². The van der Waals surface area contributed by atoms with Crippen LogP contribution in [0.4, 0.5) is 0 Å². The Bertz CT molecular complexity index is 238. The Hall–Kier alpha value is -0.900. The van der Waals surface area contributed by atoms with Crippen molar-refractivity contribution < 1.29 is 0 Å². The van der Waals surface area contributed by atoms with Crippen molar-refractivity contribution in [1.29, 1.82) is 0 Å². The molecule has 2 rings (SSSR count). The zero-order chi connectivity index (χ0) is 7.68. The predicted octanol–water partition coefficient (Wildman–Crippen LogP) is 0.332. The first-order chi connectivity index (χ1) is 5.42. The third kappa shape index (κ3) is 1.26. The van der Waals surface area contributed by atoms with E-state index >= 15 is 0 Å². The molecule has 1 aromatic rings. The van der Waals surface area contributed by atoms with Gasteiger partial charge in [-0.2, -0.15) is 0 Å². The minimum Gasteiger partial charge on any atom is -0.313 e. The maximum absolute atomic E-state index is 4.02. The summed E-state index contributed by atoms with van der Waals surface area (Å²) in [6, 6.07) is 0.688. The lowest BCUT2D eigenvalue weighted by atomic mass is 10.5. The Morgan fingerprint density at radius 1 is 1.73 bits per heavy atom. The van der Waals surface area contributed by atoms with Crippen molar-refractivity contribution in [2.75, 3.05) is 7.05 Å². The van der Waals surface area contributed by atoms with Gasteiger partial charge >= 0.3 is 0 Å². The highest BCUT2D eigenvalue weighted by atomic mass is 15.3. The lowest BCUT2D eigenvalue weighted by molar-refractivity contribution is 0.645. The van der Waals surface area contributed by atoms with Gasteiger partial charge in [-0.15, -0.1) is 10.2 Å². The fraction of sp³-hybridized carbons (Fsp3) is 0.714. The van der Waals surface area contributed by atoms with Gasteiger partial charge in [-0.05, 0) is 19.9 Å². The van der Waals surface area contributed by atoms with E-state index in [1.807, 2.05) is 13.4 Å². The average molecular weight is 152 g/mol. The van der Waals surface area contributed by atoms with Crippen LogP contribution >= 0.6 is 0 Å². The molecular formula is C7H12N4. The number of aromatic nitrogens is 3. The minimum atomic E-state index is 0.688. The summed E-state index contributed by atoms with van der Waals surface area (Å²) >= 11 is 0. The molecule has 1 saturated carbocycles. The van der Waals surface area contributed by atoms with Crippen LogP contribution in [0.5, 0.6) is 0 Å². The minimum absolute atomic E-state index is 0.688. The molecule has 1 fully saturated rings. The molecule has 0 saturated heterocycles. The smallest absolute Gasteiger partial charge is 0.147 e. The number of nitrogens with one attached hydrogen (secondary N) is 1. The number of rotatable bonds is 3. The van der Waals surface area contributed by atoms with Gasteiger partial charge in [-0.25, -0.2) is 0 Å². The van der Waals surface area contributed by atoms with Crippen LogP contribution in [0, 0.1) is 0 Å². The van der Waals surface area contributed by atoms with Crippen molar-refractivity contribution in [3.8, 4) is 0 Å². The first kappa shape index (κ1) is 6.79. The highest BCUT2D eigenvalue weighted by Gasteiger charge is 2.25. The van der Waals surface area contributed by atoms with Gasteiger partial charge in [0.05, 0.1) is 6.54 Å². The molecule has 4 nitrogen and oxygen atoms in total. The Morgan fingerprint density at radius 2 is 2.55 bits per heavy atom. The molecule has 0 aliphatic heterocycles. The molecule has 1 aliphatic rings. The third-order valence-electron chi connectivity index (χ3n) is 1.92. The van der Waals surface area contributed by atoms with E-state index in [9.17, 15) is 0 Å². The van der Waals surface area contributed by atoms with E-state index < -0.39 is 0 Å². The van der Waals surface area contributed by atoms with E-state index in [0.29, 0.717) is 6.04 Å². The van der Waals surface area contributed by atoms with Crippen LogP contribution in [0.2, 0.25) is 0 Å². The third-order valence-corrected chi connectivity index (χ3v) is 1.92. The molecule has 4 heteroatoms. The molecule has 0 radical (unpaired) electrons. The molecule has 1 aliphatic carbocycles. The Kier molecular flexibility index (Phi) is 1.62. The molecule has 0 spiro atoms. The largest absolute Gasteiger partial charge is 0.313 e. The van der Waals surface area contributed by atoms with E-state index in [4.69, 9.17) is 0 Å². The van der Waals surface area contributed by atoms with Gasteiger partial charge in [0.2, 0.25) is 0 Å². The topological polar surface area (TPSA) is 42.7 Å². The average Bonchev–Trinajstić information content (AvgIpc) is 2.75. The molecule has 60 valence electrons. The van der Waals surface area contributed by atoms with E-state index in [-0.39, 0.29) is 0 Å². The summed E-state index contributed by atoms with van der Waals surface area (Å²) in [6.45, 7) is 0.816. The van der Waals surface area contributed by atoms with E-state index in [1.165, 1.54) is 12.8 Å². The normalized spacial score (nSPS) is 17.2. The second-order valence-electron chi connectivity index (χ2n) is 2.92. The Balaban J connectivity index is 2.16. The summed E-state index contributed by atoms with van der Waals surface area (Å²) in [5.74, 6) is 1.05. The number of hydrogen-bond acceptors (Lipinski definition) is 3. The molecule has 1 N–H and O–H groups in total. The van der Waals surface area contributed by atoms with Crippen molar-refractivity contribution in [1.82, 2.24) is 20.1 Å². The molecule has 11 heavy (non-hydrogen) atoms. The van der Waals surface area contributed by atoms with Crippen LogP contribution in [0.25, 0.3) is 0 Å². The van der Waals surface area contributed by atoms with Crippen molar-refractivity contribution in [3.63, 3.8) is 0 Å². The first-order valence-corrected chi connectivity index (χ1v) is 3.95. The molecule has 0 atom stereocenters. The van der Waals surface area contributed by atoms with Gasteiger partial charge in [0, 0.05) is 6.04 Å². The molecular weight excluding hydrogens is 140 g/mol. The zero-order valence-electron chi connectivity index (χ0n) is 6.62. The maximum Gasteiger partial charge on any atom is 0.147 e. The van der Waals surface area contributed by atoms with Crippen LogP contribution in [0.3, 0.4) is 0 Å². The van der Waals surface area contributed by atoms with Crippen LogP contribution in [0.1, 0.15) is 24.7 Å². The van der Waals surface area contributed by atoms with Crippen molar-refractivity contribution >= 4 is 0 Å². The van der Waals surface area contributed by atoms with Crippen LogP contribution < -0.4 is 5.32 Å². The molecule has 0 amide bonds. The summed E-state index contributed by atoms with van der Waals surface area (Å²) in [6.07, 6.45) is 4.40. The van der Waals surface area contributed by atoms with Gasteiger partial charge in [-0.1, -0.05) is 0 Å². The SMILES string of the molecule is CNCc1nncn1C1CC1. The van der Waals surface area contributed by atoms with E-state index in [1.54, 1.807) is 0 Å². The predicted molar refractivity (Wildman–Crippen MR) is 41.1 cm³/mol. The fourth-order valence-electron chi connectivity index (χ4n) is 1.21. The molecule has 0 bridgehead atoms. The molecule has 1 heterocycles. The summed E-state index contributed by atoms with van der Waals surface area (Å²) in [7, 11) is 1.92. The lowest BCUT2D eigenvalue weighted by Crippen LogP contribution is -2.11. The van der Waals surface area contributed by atoms with Gasteiger partial charge in [0.1, 0.15) is 12.2 Å². The monoisotopic (exact) mass is 152 g/mol. The van der Waals surface area contributed by atoms with Crippen LogP contribution in [-0.2, 0) is 6.54 Å². The Morgan fingerprint density at radius 3 is 3.18 bits per heavy atom. The summed E-state index contributed by atoms with van der Waals surface area (Å²) in [4.78, 5) is 0. The number of nitrogens with zero attached hydrogens (tertiary/aromatic N) is 3. The molecule has 1 aromatic heterocycles. The van der Waals surface area contributed by atoms with Crippen molar-refractivity contribution in [2.24, 2.45) is 0 Å². The maximum atomic E-state index is 4.02. The zero-order valence-corrected chi connectivity index (χ0v) is 6.62. The van der Waals surface area contributed by atoms with Crippen LogP contribution in [-0.4, -0.2) is 21.8 Å². The van der Waals surface area contributed by atoms with Crippen molar-refractivity contribution in [2.45, 2.75) is 25.4 Å². The molecule has 0 unspecified atom stereocenters. The number of hydrogen-bond donors (Lipinski definition) is 1. The van der Waals surface area contributed by atoms with E-state index in [2.05, 4.69) is 20.1 Å². The lowest BCUT2D eigenvalue weighted by Gasteiger charge is -2.01. The summed E-state index contributed by atoms with van der Waals surface area (Å²) < 4.78 is 2.16. The van der Waals surface area contributed by atoms with E-state index in [0.717, 1.165) is 12.4 Å². The quantitative estimate of drug-likeness (QED) is 0.678. The Labute approximate surface area is 65.6 Å². The van der Waals surface area contributed by atoms with Gasteiger partial charge in [0.15, 0.2) is 0 Å². The first-order valence-electron chi connectivity index (χ1n) is 3.95. The fourth-order valence-corrected chi connectivity index (χ4v) is 1.21. The van der Waals surface area contributed by atoms with Gasteiger partial charge in [0.25, 0.3) is 0 Å². The van der Waals surface area contributed by atoms with Crippen LogP contribution in [0.15, 0.2) is 6.33 Å². The summed E-state index contributed by atoms with van der Waals surface area (Å²) in [5.41, 5.74) is 0.